The number of amides is 1. The topological polar surface area (TPSA) is 83.1 Å². The number of H-pyrrole nitrogens is 1. The molecule has 1 aromatic heterocycles. The summed E-state index contributed by atoms with van der Waals surface area (Å²) in [6.45, 7) is 2.62. The van der Waals surface area contributed by atoms with Crippen molar-refractivity contribution in [2.24, 2.45) is 0 Å². The Hall–Kier alpha value is -1.87. The third-order valence-corrected chi connectivity index (χ3v) is 7.38. The smallest absolute Gasteiger partial charge is 0.233 e. The van der Waals surface area contributed by atoms with Gasteiger partial charge in [-0.15, -0.1) is 0 Å². The van der Waals surface area contributed by atoms with E-state index in [4.69, 9.17) is 0 Å². The van der Waals surface area contributed by atoms with Gasteiger partial charge in [-0.1, -0.05) is 25.1 Å². The van der Waals surface area contributed by atoms with Gasteiger partial charge in [-0.3, -0.25) is 4.79 Å². The molecule has 0 saturated carbocycles. The minimum Gasteiger partial charge on any atom is -0.338 e. The van der Waals surface area contributed by atoms with Crippen LogP contribution in [0.3, 0.4) is 0 Å². The van der Waals surface area contributed by atoms with Crippen LogP contribution >= 0.6 is 11.8 Å². The third kappa shape index (κ3) is 5.35. The molecule has 1 amide bonds. The number of unbranched alkanes of at least 4 members (excludes halogenated alkanes) is 1. The van der Waals surface area contributed by atoms with Gasteiger partial charge in [0.1, 0.15) is 5.82 Å². The average Bonchev–Trinajstić information content (AvgIpc) is 3.27. The SMILES string of the molecule is CCCCN(C(=O)CSc1ncc(-c2ccc(F)cc2)[nH]1)C1CCS(=O)(=O)C1. The summed E-state index contributed by atoms with van der Waals surface area (Å²) in [5.74, 6) is 0.0314. The van der Waals surface area contributed by atoms with Gasteiger partial charge in [0, 0.05) is 12.6 Å². The lowest BCUT2D eigenvalue weighted by atomic mass is 10.2. The second kappa shape index (κ2) is 9.09. The molecule has 3 rings (SSSR count). The number of thioether (sulfide) groups is 1. The lowest BCUT2D eigenvalue weighted by molar-refractivity contribution is -0.130. The van der Waals surface area contributed by atoms with Crippen molar-refractivity contribution in [1.29, 1.82) is 0 Å². The summed E-state index contributed by atoms with van der Waals surface area (Å²) in [6.07, 6.45) is 3.95. The first kappa shape index (κ1) is 20.9. The van der Waals surface area contributed by atoms with Crippen LogP contribution in [-0.2, 0) is 14.6 Å². The Morgan fingerprint density at radius 2 is 2.11 bits per heavy atom. The van der Waals surface area contributed by atoms with E-state index in [1.54, 1.807) is 23.2 Å². The average molecular weight is 426 g/mol. The molecule has 1 aliphatic rings. The molecule has 1 aliphatic heterocycles. The molecular formula is C19H24FN3O3S2. The predicted molar refractivity (Wildman–Crippen MR) is 108 cm³/mol. The van der Waals surface area contributed by atoms with Crippen molar-refractivity contribution >= 4 is 27.5 Å². The van der Waals surface area contributed by atoms with E-state index in [1.165, 1.54) is 23.9 Å². The van der Waals surface area contributed by atoms with Crippen LogP contribution in [-0.4, -0.2) is 59.0 Å². The van der Waals surface area contributed by atoms with Crippen LogP contribution in [0.5, 0.6) is 0 Å². The van der Waals surface area contributed by atoms with Crippen molar-refractivity contribution in [3.8, 4) is 11.3 Å². The molecule has 28 heavy (non-hydrogen) atoms. The number of rotatable bonds is 8. The van der Waals surface area contributed by atoms with Crippen molar-refractivity contribution in [2.45, 2.75) is 37.4 Å². The second-order valence-electron chi connectivity index (χ2n) is 6.90. The minimum atomic E-state index is -3.04. The Bertz CT molecular complexity index is 913. The lowest BCUT2D eigenvalue weighted by Gasteiger charge is -2.28. The number of halogens is 1. The Morgan fingerprint density at radius 1 is 1.36 bits per heavy atom. The molecule has 1 atom stereocenters. The van der Waals surface area contributed by atoms with Gasteiger partial charge in [0.05, 0.1) is 29.1 Å². The number of hydrogen-bond donors (Lipinski definition) is 1. The number of sulfone groups is 1. The number of nitrogens with zero attached hydrogens (tertiary/aromatic N) is 2. The highest BCUT2D eigenvalue weighted by Gasteiger charge is 2.34. The zero-order chi connectivity index (χ0) is 20.1. The summed E-state index contributed by atoms with van der Waals surface area (Å²) >= 11 is 1.29. The number of hydrogen-bond acceptors (Lipinski definition) is 5. The number of benzene rings is 1. The van der Waals surface area contributed by atoms with Gasteiger partial charge in [0.15, 0.2) is 15.0 Å². The van der Waals surface area contributed by atoms with E-state index in [0.29, 0.717) is 18.1 Å². The van der Waals surface area contributed by atoms with Gasteiger partial charge in [-0.05, 0) is 42.7 Å². The number of nitrogens with one attached hydrogen (secondary N) is 1. The summed E-state index contributed by atoms with van der Waals surface area (Å²) in [5.41, 5.74) is 1.56. The maximum absolute atomic E-state index is 13.0. The van der Waals surface area contributed by atoms with Crippen LogP contribution in [0.25, 0.3) is 11.3 Å². The van der Waals surface area contributed by atoms with Crippen LogP contribution in [0, 0.1) is 5.82 Å². The quantitative estimate of drug-likeness (QED) is 0.657. The molecule has 2 heterocycles. The van der Waals surface area contributed by atoms with E-state index in [9.17, 15) is 17.6 Å². The zero-order valence-electron chi connectivity index (χ0n) is 15.7. The van der Waals surface area contributed by atoms with Gasteiger partial charge in [-0.25, -0.2) is 17.8 Å². The van der Waals surface area contributed by atoms with Crippen LogP contribution < -0.4 is 0 Å². The maximum Gasteiger partial charge on any atom is 0.233 e. The molecule has 2 aromatic rings. The molecule has 1 unspecified atom stereocenters. The highest BCUT2D eigenvalue weighted by atomic mass is 32.2. The van der Waals surface area contributed by atoms with Crippen molar-refractivity contribution in [1.82, 2.24) is 14.9 Å². The summed E-state index contributed by atoms with van der Waals surface area (Å²) in [4.78, 5) is 21.9. The first-order valence-electron chi connectivity index (χ1n) is 9.31. The fraction of sp³-hybridized carbons (Fsp3) is 0.474. The number of aromatic nitrogens is 2. The molecule has 6 nitrogen and oxygen atoms in total. The summed E-state index contributed by atoms with van der Waals surface area (Å²) in [7, 11) is -3.04. The zero-order valence-corrected chi connectivity index (χ0v) is 17.4. The molecule has 0 bridgehead atoms. The van der Waals surface area contributed by atoms with Crippen molar-refractivity contribution in [3.63, 3.8) is 0 Å². The predicted octanol–water partition coefficient (Wildman–Crippen LogP) is 3.12. The molecule has 0 spiro atoms. The molecule has 9 heteroatoms. The van der Waals surface area contributed by atoms with Crippen LogP contribution in [0.1, 0.15) is 26.2 Å². The Labute approximate surface area is 168 Å². The fourth-order valence-electron chi connectivity index (χ4n) is 3.23. The van der Waals surface area contributed by atoms with E-state index in [-0.39, 0.29) is 35.0 Å². The third-order valence-electron chi connectivity index (χ3n) is 4.76. The maximum atomic E-state index is 13.0. The monoisotopic (exact) mass is 425 g/mol. The van der Waals surface area contributed by atoms with Crippen LogP contribution in [0.2, 0.25) is 0 Å². The number of imidazole rings is 1. The van der Waals surface area contributed by atoms with Gasteiger partial charge in [0.2, 0.25) is 5.91 Å². The summed E-state index contributed by atoms with van der Waals surface area (Å²) in [5, 5.41) is 0.599. The molecule has 152 valence electrons. The molecule has 0 aliphatic carbocycles. The largest absolute Gasteiger partial charge is 0.338 e. The Kier molecular flexibility index (Phi) is 6.77. The molecule has 1 fully saturated rings. The van der Waals surface area contributed by atoms with Gasteiger partial charge >= 0.3 is 0 Å². The van der Waals surface area contributed by atoms with E-state index in [1.807, 2.05) is 6.92 Å². The van der Waals surface area contributed by atoms with E-state index in [2.05, 4.69) is 9.97 Å². The molecular weight excluding hydrogens is 401 g/mol. The number of carbonyl (C=O) groups excluding carboxylic acids is 1. The highest BCUT2D eigenvalue weighted by molar-refractivity contribution is 7.99. The standard InChI is InChI=1S/C19H24FN3O3S2/c1-2-3-9-23(16-8-10-28(25,26)13-16)18(24)12-27-19-21-11-17(22-19)14-4-6-15(20)7-5-14/h4-7,11,16H,2-3,8-10,12-13H2,1H3,(H,21,22). The lowest BCUT2D eigenvalue weighted by Crippen LogP contribution is -2.42. The van der Waals surface area contributed by atoms with Gasteiger partial charge in [0.25, 0.3) is 0 Å². The first-order chi connectivity index (χ1) is 13.4. The Balaban J connectivity index is 1.62. The Morgan fingerprint density at radius 3 is 2.75 bits per heavy atom. The second-order valence-corrected chi connectivity index (χ2v) is 10.1. The first-order valence-corrected chi connectivity index (χ1v) is 12.1. The number of carbonyl (C=O) groups is 1. The van der Waals surface area contributed by atoms with Gasteiger partial charge in [-0.2, -0.15) is 0 Å². The minimum absolute atomic E-state index is 0.0581. The highest BCUT2D eigenvalue weighted by Crippen LogP contribution is 2.24. The molecule has 1 aromatic carbocycles. The summed E-state index contributed by atoms with van der Waals surface area (Å²) < 4.78 is 36.6. The van der Waals surface area contributed by atoms with Crippen LogP contribution in [0.4, 0.5) is 4.39 Å². The van der Waals surface area contributed by atoms with E-state index < -0.39 is 9.84 Å². The fourth-order valence-corrected chi connectivity index (χ4v) is 5.69. The van der Waals surface area contributed by atoms with Crippen molar-refractivity contribution in [3.05, 3.63) is 36.3 Å². The normalized spacial score (nSPS) is 18.3. The summed E-state index contributed by atoms with van der Waals surface area (Å²) in [6, 6.07) is 5.86. The van der Waals surface area contributed by atoms with Crippen molar-refractivity contribution < 1.29 is 17.6 Å². The molecule has 1 N–H and O–H groups in total. The van der Waals surface area contributed by atoms with Crippen LogP contribution in [0.15, 0.2) is 35.6 Å². The van der Waals surface area contributed by atoms with E-state index >= 15 is 0 Å². The molecule has 0 radical (unpaired) electrons. The van der Waals surface area contributed by atoms with E-state index in [0.717, 1.165) is 24.1 Å². The van der Waals surface area contributed by atoms with Gasteiger partial charge < -0.3 is 9.88 Å². The van der Waals surface area contributed by atoms with Crippen molar-refractivity contribution in [2.75, 3.05) is 23.8 Å². The molecule has 1 saturated heterocycles. The number of aromatic amines is 1.